The molecule has 1 saturated heterocycles. The molecule has 2 N–H and O–H groups in total. The highest BCUT2D eigenvalue weighted by Gasteiger charge is 2.32. The minimum absolute atomic E-state index is 0.0469. The number of aromatic nitrogens is 2. The third-order valence-corrected chi connectivity index (χ3v) is 5.74. The van der Waals surface area contributed by atoms with Crippen LogP contribution in [0, 0.1) is 0 Å². The zero-order valence-corrected chi connectivity index (χ0v) is 13.9. The van der Waals surface area contributed by atoms with Crippen molar-refractivity contribution >= 4 is 15.9 Å². The molecule has 128 valence electrons. The molecule has 1 atom stereocenters. The molecule has 1 fully saturated rings. The molecule has 2 aromatic rings. The van der Waals surface area contributed by atoms with E-state index in [2.05, 4.69) is 5.10 Å². The van der Waals surface area contributed by atoms with Gasteiger partial charge in [-0.05, 0) is 18.2 Å². The van der Waals surface area contributed by atoms with Gasteiger partial charge in [0.25, 0.3) is 0 Å². The van der Waals surface area contributed by atoms with Crippen LogP contribution >= 0.6 is 0 Å². The smallest absolute Gasteiger partial charge is 0.248 e. The first-order valence-electron chi connectivity index (χ1n) is 7.38. The van der Waals surface area contributed by atoms with Gasteiger partial charge in [0.15, 0.2) is 0 Å². The Kier molecular flexibility index (Phi) is 4.39. The molecule has 1 aromatic carbocycles. The summed E-state index contributed by atoms with van der Waals surface area (Å²) >= 11 is 0. The molecular weight excluding hydrogens is 332 g/mol. The molecule has 0 saturated carbocycles. The Balaban J connectivity index is 1.86. The van der Waals surface area contributed by atoms with E-state index < -0.39 is 15.9 Å². The quantitative estimate of drug-likeness (QED) is 0.852. The number of amides is 1. The largest absolute Gasteiger partial charge is 0.371 e. The summed E-state index contributed by atoms with van der Waals surface area (Å²) in [6.45, 7) is 0.725. The summed E-state index contributed by atoms with van der Waals surface area (Å²) in [5, 5.41) is 4.09. The highest BCUT2D eigenvalue weighted by molar-refractivity contribution is 7.89. The predicted molar refractivity (Wildman–Crippen MR) is 85.6 cm³/mol. The minimum Gasteiger partial charge on any atom is -0.371 e. The van der Waals surface area contributed by atoms with Gasteiger partial charge in [-0.25, -0.2) is 8.42 Å². The molecule has 1 aliphatic heterocycles. The number of sulfonamides is 1. The standard InChI is InChI=1S/C15H18N4O4S/c1-18-9-12(8-17-18)14-10-19(5-6-23-14)24(21,22)13-4-2-3-11(7-13)15(16)20/h2-4,7-9,14H,5-6,10H2,1H3,(H2,16,20). The van der Waals surface area contributed by atoms with Crippen molar-refractivity contribution in [2.45, 2.75) is 11.0 Å². The Hall–Kier alpha value is -2.23. The molecule has 1 aromatic heterocycles. The van der Waals surface area contributed by atoms with E-state index >= 15 is 0 Å². The van der Waals surface area contributed by atoms with Gasteiger partial charge < -0.3 is 10.5 Å². The number of aryl methyl sites for hydroxylation is 1. The highest BCUT2D eigenvalue weighted by atomic mass is 32.2. The SMILES string of the molecule is Cn1cc(C2CN(S(=O)(=O)c3cccc(C(N)=O)c3)CCO2)cn1. The molecule has 1 amide bonds. The third-order valence-electron chi connectivity index (χ3n) is 3.88. The first-order valence-corrected chi connectivity index (χ1v) is 8.82. The zero-order chi connectivity index (χ0) is 17.3. The number of primary amides is 1. The van der Waals surface area contributed by atoms with Crippen molar-refractivity contribution in [1.29, 1.82) is 0 Å². The molecule has 1 unspecified atom stereocenters. The molecule has 0 radical (unpaired) electrons. The van der Waals surface area contributed by atoms with Crippen molar-refractivity contribution < 1.29 is 17.9 Å². The first kappa shape index (κ1) is 16.6. The van der Waals surface area contributed by atoms with Crippen LogP contribution in [0.5, 0.6) is 0 Å². The van der Waals surface area contributed by atoms with Crippen LogP contribution in [0.3, 0.4) is 0 Å². The lowest BCUT2D eigenvalue weighted by Crippen LogP contribution is -2.42. The highest BCUT2D eigenvalue weighted by Crippen LogP contribution is 2.26. The first-order chi connectivity index (χ1) is 11.4. The summed E-state index contributed by atoms with van der Waals surface area (Å²) in [5.41, 5.74) is 6.21. The second kappa shape index (κ2) is 6.34. The number of carbonyl (C=O) groups is 1. The number of benzene rings is 1. The van der Waals surface area contributed by atoms with Gasteiger partial charge in [0.2, 0.25) is 15.9 Å². The summed E-state index contributed by atoms with van der Waals surface area (Å²) in [7, 11) is -1.95. The van der Waals surface area contributed by atoms with Gasteiger partial charge in [-0.15, -0.1) is 0 Å². The Morgan fingerprint density at radius 3 is 2.88 bits per heavy atom. The van der Waals surface area contributed by atoms with Gasteiger partial charge in [0.05, 0.1) is 23.8 Å². The number of nitrogens with zero attached hydrogens (tertiary/aromatic N) is 3. The predicted octanol–water partition coefficient (Wildman–Crippen LogP) is 0.281. The van der Waals surface area contributed by atoms with Crippen LogP contribution in [0.15, 0.2) is 41.6 Å². The summed E-state index contributed by atoms with van der Waals surface area (Å²) in [6.07, 6.45) is 3.09. The number of morpholine rings is 1. The molecule has 3 rings (SSSR count). The van der Waals surface area contributed by atoms with Crippen LogP contribution in [-0.4, -0.2) is 48.1 Å². The summed E-state index contributed by atoms with van der Waals surface area (Å²) in [4.78, 5) is 11.3. The second-order valence-corrected chi connectivity index (χ2v) is 7.50. The monoisotopic (exact) mass is 350 g/mol. The number of carbonyl (C=O) groups excluding carboxylic acids is 1. The maximum absolute atomic E-state index is 12.8. The van der Waals surface area contributed by atoms with Crippen molar-refractivity contribution in [3.8, 4) is 0 Å². The van der Waals surface area contributed by atoms with E-state index in [-0.39, 0.29) is 36.3 Å². The lowest BCUT2D eigenvalue weighted by atomic mass is 10.2. The topological polar surface area (TPSA) is 108 Å². The van der Waals surface area contributed by atoms with Crippen LogP contribution < -0.4 is 5.73 Å². The molecule has 8 nitrogen and oxygen atoms in total. The van der Waals surface area contributed by atoms with E-state index in [0.717, 1.165) is 5.56 Å². The van der Waals surface area contributed by atoms with E-state index in [4.69, 9.17) is 10.5 Å². The number of hydrogen-bond acceptors (Lipinski definition) is 5. The summed E-state index contributed by atoms with van der Waals surface area (Å²) < 4.78 is 34.3. The van der Waals surface area contributed by atoms with Crippen molar-refractivity contribution in [2.75, 3.05) is 19.7 Å². The van der Waals surface area contributed by atoms with Gasteiger partial charge in [0.1, 0.15) is 0 Å². The Morgan fingerprint density at radius 2 is 2.21 bits per heavy atom. The van der Waals surface area contributed by atoms with Crippen molar-refractivity contribution in [3.63, 3.8) is 0 Å². The molecule has 0 bridgehead atoms. The zero-order valence-electron chi connectivity index (χ0n) is 13.1. The molecule has 0 aliphatic carbocycles. The molecule has 24 heavy (non-hydrogen) atoms. The van der Waals surface area contributed by atoms with E-state index in [1.807, 2.05) is 0 Å². The van der Waals surface area contributed by atoms with Gasteiger partial charge in [-0.2, -0.15) is 9.40 Å². The lowest BCUT2D eigenvalue weighted by molar-refractivity contribution is -0.00259. The van der Waals surface area contributed by atoms with E-state index in [1.54, 1.807) is 24.1 Å². The van der Waals surface area contributed by atoms with Crippen LogP contribution in [0.4, 0.5) is 0 Å². The Morgan fingerprint density at radius 1 is 1.42 bits per heavy atom. The van der Waals surface area contributed by atoms with E-state index in [0.29, 0.717) is 0 Å². The van der Waals surface area contributed by atoms with Crippen LogP contribution in [-0.2, 0) is 21.8 Å². The van der Waals surface area contributed by atoms with Gasteiger partial charge in [-0.3, -0.25) is 9.48 Å². The fourth-order valence-corrected chi connectivity index (χ4v) is 4.08. The van der Waals surface area contributed by atoms with Crippen LogP contribution in [0.1, 0.15) is 22.0 Å². The Bertz CT molecular complexity index is 862. The van der Waals surface area contributed by atoms with Crippen molar-refractivity contribution in [1.82, 2.24) is 14.1 Å². The minimum atomic E-state index is -3.73. The number of hydrogen-bond donors (Lipinski definition) is 1. The van der Waals surface area contributed by atoms with Crippen LogP contribution in [0.2, 0.25) is 0 Å². The molecule has 0 spiro atoms. The molecular formula is C15H18N4O4S. The fourth-order valence-electron chi connectivity index (χ4n) is 2.61. The maximum Gasteiger partial charge on any atom is 0.248 e. The second-order valence-electron chi connectivity index (χ2n) is 5.56. The molecule has 9 heteroatoms. The van der Waals surface area contributed by atoms with Gasteiger partial charge in [-0.1, -0.05) is 6.07 Å². The van der Waals surface area contributed by atoms with Crippen LogP contribution in [0.25, 0.3) is 0 Å². The van der Waals surface area contributed by atoms with E-state index in [9.17, 15) is 13.2 Å². The Labute approximate surface area is 139 Å². The summed E-state index contributed by atoms with van der Waals surface area (Å²) in [5.74, 6) is -0.665. The average molecular weight is 350 g/mol. The molecule has 1 aliphatic rings. The fraction of sp³-hybridized carbons (Fsp3) is 0.333. The van der Waals surface area contributed by atoms with Crippen molar-refractivity contribution in [2.24, 2.45) is 12.8 Å². The maximum atomic E-state index is 12.8. The third kappa shape index (κ3) is 3.18. The average Bonchev–Trinajstić information content (AvgIpc) is 3.01. The number of nitrogens with two attached hydrogens (primary N) is 1. The van der Waals surface area contributed by atoms with Gasteiger partial charge >= 0.3 is 0 Å². The van der Waals surface area contributed by atoms with Gasteiger partial charge in [0, 0.05) is 37.5 Å². The summed E-state index contributed by atoms with van der Waals surface area (Å²) in [6, 6.07) is 5.74. The van der Waals surface area contributed by atoms with E-state index in [1.165, 1.54) is 28.6 Å². The van der Waals surface area contributed by atoms with Crippen molar-refractivity contribution in [3.05, 3.63) is 47.8 Å². The number of rotatable bonds is 4. The lowest BCUT2D eigenvalue weighted by Gasteiger charge is -2.31. The molecule has 2 heterocycles. The number of ether oxygens (including phenoxy) is 1. The normalized spacial score (nSPS) is 19.3.